The second kappa shape index (κ2) is 9.30. The monoisotopic (exact) mass is 383 g/mol. The van der Waals surface area contributed by atoms with E-state index < -0.39 is 0 Å². The van der Waals surface area contributed by atoms with E-state index >= 15 is 0 Å². The molecule has 0 unspecified atom stereocenters. The second-order valence-electron chi connectivity index (χ2n) is 9.16. The highest BCUT2D eigenvalue weighted by atomic mass is 16.1. The first-order valence-electron chi connectivity index (χ1n) is 11.5. The number of hydrogen-bond acceptors (Lipinski definition) is 3. The molecule has 0 aromatic heterocycles. The standard InChI is InChI=1S/C24H37N3O/c1-19(28)25-22-11-9-20(10-12-22)13-14-26-15-17-27(18-16-26)24-8-4-6-21-5-2-3-7-23(21)24/h4,6,8,20,22H,2-3,5,7,9-18H2,1H3,(H,25,28)/t20-,22-. The van der Waals surface area contributed by atoms with Gasteiger partial charge in [-0.2, -0.15) is 0 Å². The molecule has 4 rings (SSSR count). The molecule has 0 radical (unpaired) electrons. The Morgan fingerprint density at radius 3 is 2.54 bits per heavy atom. The Balaban J connectivity index is 1.21. The van der Waals surface area contributed by atoms with Gasteiger partial charge in [0, 0.05) is 44.8 Å². The van der Waals surface area contributed by atoms with E-state index in [1.807, 2.05) is 0 Å². The van der Waals surface area contributed by atoms with E-state index in [1.165, 1.54) is 83.4 Å². The van der Waals surface area contributed by atoms with Crippen molar-refractivity contribution >= 4 is 11.6 Å². The molecule has 2 fully saturated rings. The molecular weight excluding hydrogens is 346 g/mol. The van der Waals surface area contributed by atoms with Crippen molar-refractivity contribution in [3.05, 3.63) is 29.3 Å². The average Bonchev–Trinajstić information content (AvgIpc) is 2.73. The molecule has 1 heterocycles. The van der Waals surface area contributed by atoms with Crippen LogP contribution in [0.4, 0.5) is 5.69 Å². The summed E-state index contributed by atoms with van der Waals surface area (Å²) in [5.41, 5.74) is 4.76. The van der Waals surface area contributed by atoms with Crippen molar-refractivity contribution in [3.8, 4) is 0 Å². The Labute approximate surface area is 170 Å². The molecule has 1 saturated heterocycles. The minimum atomic E-state index is 0.126. The van der Waals surface area contributed by atoms with Crippen molar-refractivity contribution in [1.82, 2.24) is 10.2 Å². The van der Waals surface area contributed by atoms with Gasteiger partial charge in [-0.15, -0.1) is 0 Å². The number of fused-ring (bicyclic) bond motifs is 1. The topological polar surface area (TPSA) is 35.6 Å². The number of nitrogens with zero attached hydrogens (tertiary/aromatic N) is 2. The fraction of sp³-hybridized carbons (Fsp3) is 0.708. The van der Waals surface area contributed by atoms with E-state index in [9.17, 15) is 4.79 Å². The van der Waals surface area contributed by atoms with Crippen molar-refractivity contribution in [2.75, 3.05) is 37.6 Å². The zero-order valence-electron chi connectivity index (χ0n) is 17.6. The molecule has 0 bridgehead atoms. The number of benzene rings is 1. The van der Waals surface area contributed by atoms with Crippen LogP contribution in [0.3, 0.4) is 0 Å². The zero-order valence-corrected chi connectivity index (χ0v) is 17.6. The lowest BCUT2D eigenvalue weighted by atomic mass is 9.84. The van der Waals surface area contributed by atoms with Crippen LogP contribution in [0.2, 0.25) is 0 Å². The first kappa shape index (κ1) is 19.8. The number of hydrogen-bond donors (Lipinski definition) is 1. The van der Waals surface area contributed by atoms with Crippen LogP contribution in [0.15, 0.2) is 18.2 Å². The summed E-state index contributed by atoms with van der Waals surface area (Å²) in [6.07, 6.45) is 11.5. The SMILES string of the molecule is CC(=O)N[C@H]1CC[C@H](CCN2CCN(c3cccc4c3CCCC4)CC2)CC1. The van der Waals surface area contributed by atoms with Crippen LogP contribution in [-0.2, 0) is 17.6 Å². The van der Waals surface area contributed by atoms with E-state index in [0.29, 0.717) is 6.04 Å². The minimum Gasteiger partial charge on any atom is -0.369 e. The lowest BCUT2D eigenvalue weighted by Gasteiger charge is -2.38. The van der Waals surface area contributed by atoms with Gasteiger partial charge in [0.05, 0.1) is 0 Å². The fourth-order valence-corrected chi connectivity index (χ4v) is 5.52. The highest BCUT2D eigenvalue weighted by Crippen LogP contribution is 2.31. The summed E-state index contributed by atoms with van der Waals surface area (Å²) in [6.45, 7) is 7.63. The fourth-order valence-electron chi connectivity index (χ4n) is 5.52. The third-order valence-corrected chi connectivity index (χ3v) is 7.19. The Hall–Kier alpha value is -1.55. The maximum absolute atomic E-state index is 11.2. The maximum atomic E-state index is 11.2. The Morgan fingerprint density at radius 2 is 1.79 bits per heavy atom. The average molecular weight is 384 g/mol. The molecule has 0 atom stereocenters. The van der Waals surface area contributed by atoms with Gasteiger partial charge in [-0.25, -0.2) is 0 Å². The van der Waals surface area contributed by atoms with Gasteiger partial charge in [-0.3, -0.25) is 9.69 Å². The number of amides is 1. The van der Waals surface area contributed by atoms with Gasteiger partial charge >= 0.3 is 0 Å². The lowest BCUT2D eigenvalue weighted by molar-refractivity contribution is -0.119. The molecule has 1 aliphatic heterocycles. The molecule has 28 heavy (non-hydrogen) atoms. The summed E-state index contributed by atoms with van der Waals surface area (Å²) >= 11 is 0. The van der Waals surface area contributed by atoms with Crippen molar-refractivity contribution < 1.29 is 4.79 Å². The summed E-state index contributed by atoms with van der Waals surface area (Å²) in [5.74, 6) is 0.977. The van der Waals surface area contributed by atoms with Crippen molar-refractivity contribution in [2.24, 2.45) is 5.92 Å². The summed E-state index contributed by atoms with van der Waals surface area (Å²) in [7, 11) is 0. The van der Waals surface area contributed by atoms with E-state index in [1.54, 1.807) is 18.1 Å². The number of anilines is 1. The third kappa shape index (κ3) is 4.89. The third-order valence-electron chi connectivity index (χ3n) is 7.19. The molecule has 3 aliphatic rings. The second-order valence-corrected chi connectivity index (χ2v) is 9.16. The van der Waals surface area contributed by atoms with Crippen LogP contribution in [0, 0.1) is 5.92 Å². The van der Waals surface area contributed by atoms with Crippen LogP contribution in [-0.4, -0.2) is 49.6 Å². The predicted molar refractivity (Wildman–Crippen MR) is 116 cm³/mol. The highest BCUT2D eigenvalue weighted by molar-refractivity contribution is 5.73. The van der Waals surface area contributed by atoms with Crippen LogP contribution in [0.1, 0.15) is 63.0 Å². The molecule has 1 amide bonds. The number of piperazine rings is 1. The zero-order chi connectivity index (χ0) is 19.3. The van der Waals surface area contributed by atoms with Gasteiger partial charge in [0.25, 0.3) is 0 Å². The normalized spacial score (nSPS) is 26.0. The van der Waals surface area contributed by atoms with Crippen LogP contribution in [0.25, 0.3) is 0 Å². The molecule has 1 aromatic rings. The van der Waals surface area contributed by atoms with Crippen molar-refractivity contribution in [2.45, 2.75) is 70.8 Å². The van der Waals surface area contributed by atoms with E-state index in [2.05, 4.69) is 33.3 Å². The number of carbonyl (C=O) groups excluding carboxylic acids is 1. The quantitative estimate of drug-likeness (QED) is 0.841. The Morgan fingerprint density at radius 1 is 1.04 bits per heavy atom. The van der Waals surface area contributed by atoms with Gasteiger partial charge in [0.15, 0.2) is 0 Å². The van der Waals surface area contributed by atoms with Gasteiger partial charge in [0.2, 0.25) is 5.91 Å². The molecule has 1 saturated carbocycles. The summed E-state index contributed by atoms with van der Waals surface area (Å²) in [4.78, 5) is 16.5. The first-order chi connectivity index (χ1) is 13.7. The molecule has 0 spiro atoms. The largest absolute Gasteiger partial charge is 0.369 e. The van der Waals surface area contributed by atoms with Gasteiger partial charge in [-0.1, -0.05) is 12.1 Å². The van der Waals surface area contributed by atoms with Gasteiger partial charge < -0.3 is 10.2 Å². The minimum absolute atomic E-state index is 0.126. The number of aryl methyl sites for hydroxylation is 1. The number of rotatable bonds is 5. The van der Waals surface area contributed by atoms with E-state index in [4.69, 9.17) is 0 Å². The smallest absolute Gasteiger partial charge is 0.217 e. The van der Waals surface area contributed by atoms with Gasteiger partial charge in [-0.05, 0) is 87.4 Å². The molecule has 1 N–H and O–H groups in total. The summed E-state index contributed by atoms with van der Waals surface area (Å²) in [6, 6.07) is 7.39. The highest BCUT2D eigenvalue weighted by Gasteiger charge is 2.24. The molecule has 4 nitrogen and oxygen atoms in total. The molecule has 1 aromatic carbocycles. The maximum Gasteiger partial charge on any atom is 0.217 e. The summed E-state index contributed by atoms with van der Waals surface area (Å²) < 4.78 is 0. The van der Waals surface area contributed by atoms with E-state index in [0.717, 1.165) is 18.8 Å². The summed E-state index contributed by atoms with van der Waals surface area (Å²) in [5, 5.41) is 3.09. The molecule has 2 aliphatic carbocycles. The van der Waals surface area contributed by atoms with Crippen molar-refractivity contribution in [1.29, 1.82) is 0 Å². The first-order valence-corrected chi connectivity index (χ1v) is 11.5. The van der Waals surface area contributed by atoms with Crippen LogP contribution < -0.4 is 10.2 Å². The van der Waals surface area contributed by atoms with Crippen LogP contribution >= 0.6 is 0 Å². The molecular formula is C24H37N3O. The number of carbonyl (C=O) groups is 1. The van der Waals surface area contributed by atoms with Gasteiger partial charge in [0.1, 0.15) is 0 Å². The molecule has 4 heteroatoms. The molecule has 154 valence electrons. The Kier molecular flexibility index (Phi) is 6.56. The predicted octanol–water partition coefficient (Wildman–Crippen LogP) is 3.77. The Bertz CT molecular complexity index is 658. The van der Waals surface area contributed by atoms with E-state index in [-0.39, 0.29) is 5.91 Å². The van der Waals surface area contributed by atoms with Crippen molar-refractivity contribution in [3.63, 3.8) is 0 Å². The van der Waals surface area contributed by atoms with Crippen LogP contribution in [0.5, 0.6) is 0 Å². The lowest BCUT2D eigenvalue weighted by Crippen LogP contribution is -2.47. The number of nitrogens with one attached hydrogen (secondary N) is 1.